The van der Waals surface area contributed by atoms with E-state index in [4.69, 9.17) is 0 Å². The van der Waals surface area contributed by atoms with Crippen LogP contribution in [0.15, 0.2) is 53.4 Å². The molecule has 19 heavy (non-hydrogen) atoms. The molecule has 0 bridgehead atoms. The van der Waals surface area contributed by atoms with Crippen molar-refractivity contribution in [1.82, 2.24) is 0 Å². The van der Waals surface area contributed by atoms with Crippen LogP contribution in [0.1, 0.15) is 11.1 Å². The summed E-state index contributed by atoms with van der Waals surface area (Å²) in [5, 5.41) is 0. The number of sulfonamides is 1. The summed E-state index contributed by atoms with van der Waals surface area (Å²) in [4.78, 5) is 0.274. The molecule has 0 radical (unpaired) electrons. The van der Waals surface area contributed by atoms with Crippen LogP contribution in [0.25, 0.3) is 0 Å². The Bertz CT molecular complexity index is 649. The first kappa shape index (κ1) is 14.3. The molecule has 0 aromatic heterocycles. The third-order valence-corrected chi connectivity index (χ3v) is 4.97. The minimum absolute atomic E-state index is 0.274. The lowest BCUT2D eigenvalue weighted by molar-refractivity contribution is 0.601. The summed E-state index contributed by atoms with van der Waals surface area (Å²) in [6, 6.07) is 14.2. The lowest BCUT2D eigenvalue weighted by Crippen LogP contribution is -2.12. The molecule has 0 amide bonds. The zero-order valence-electron chi connectivity index (χ0n) is 10.4. The predicted molar refractivity (Wildman–Crippen MR) is 86.2 cm³/mol. The molecule has 0 heterocycles. The van der Waals surface area contributed by atoms with E-state index < -0.39 is 10.0 Å². The van der Waals surface area contributed by atoms with E-state index in [0.29, 0.717) is 5.69 Å². The maximum absolute atomic E-state index is 12.2. The van der Waals surface area contributed by atoms with Crippen LogP contribution >= 0.6 is 22.6 Å². The van der Waals surface area contributed by atoms with Crippen molar-refractivity contribution in [2.45, 2.75) is 16.2 Å². The van der Waals surface area contributed by atoms with E-state index >= 15 is 0 Å². The van der Waals surface area contributed by atoms with Gasteiger partial charge in [-0.2, -0.15) is 0 Å². The van der Waals surface area contributed by atoms with Crippen LogP contribution in [0, 0.1) is 6.92 Å². The van der Waals surface area contributed by atoms with Gasteiger partial charge in [-0.05, 0) is 36.8 Å². The second kappa shape index (κ2) is 5.92. The fourth-order valence-corrected chi connectivity index (χ4v) is 3.16. The zero-order chi connectivity index (χ0) is 13.9. The Hall–Kier alpha value is -1.08. The molecule has 0 aliphatic rings. The van der Waals surface area contributed by atoms with E-state index in [2.05, 4.69) is 27.3 Å². The molecule has 100 valence electrons. The van der Waals surface area contributed by atoms with Gasteiger partial charge in [0.1, 0.15) is 0 Å². The van der Waals surface area contributed by atoms with Gasteiger partial charge >= 0.3 is 0 Å². The lowest BCUT2D eigenvalue weighted by Gasteiger charge is -2.08. The Labute approximate surface area is 127 Å². The summed E-state index contributed by atoms with van der Waals surface area (Å²) >= 11 is 2.27. The second-order valence-corrected chi connectivity index (χ2v) is 6.69. The molecule has 1 N–H and O–H groups in total. The predicted octanol–water partition coefficient (Wildman–Crippen LogP) is 3.73. The molecule has 0 spiro atoms. The largest absolute Gasteiger partial charge is 0.280 e. The van der Waals surface area contributed by atoms with Gasteiger partial charge in [0.05, 0.1) is 4.90 Å². The summed E-state index contributed by atoms with van der Waals surface area (Å²) < 4.78 is 27.8. The molecule has 2 aromatic rings. The Morgan fingerprint density at radius 2 is 1.58 bits per heavy atom. The van der Waals surface area contributed by atoms with E-state index in [1.807, 2.05) is 19.1 Å². The maximum Gasteiger partial charge on any atom is 0.261 e. The molecule has 0 saturated carbocycles. The molecule has 2 aromatic carbocycles. The summed E-state index contributed by atoms with van der Waals surface area (Å²) in [6.45, 7) is 1.92. The van der Waals surface area contributed by atoms with Crippen molar-refractivity contribution < 1.29 is 8.42 Å². The summed E-state index contributed by atoms with van der Waals surface area (Å²) in [7, 11) is -3.50. The smallest absolute Gasteiger partial charge is 0.261 e. The summed E-state index contributed by atoms with van der Waals surface area (Å²) in [5.41, 5.74) is 2.78. The SMILES string of the molecule is Cc1ccc(S(=O)(=O)Nc2ccc(CI)cc2)cc1. The molecule has 0 atom stereocenters. The van der Waals surface area contributed by atoms with Crippen molar-refractivity contribution in [1.29, 1.82) is 0 Å². The number of nitrogens with one attached hydrogen (secondary N) is 1. The number of hydrogen-bond acceptors (Lipinski definition) is 2. The van der Waals surface area contributed by atoms with Gasteiger partial charge in [-0.3, -0.25) is 4.72 Å². The highest BCUT2D eigenvalue weighted by molar-refractivity contribution is 14.1. The van der Waals surface area contributed by atoms with Crippen molar-refractivity contribution in [3.8, 4) is 0 Å². The standard InChI is InChI=1S/C14H14INO2S/c1-11-2-8-14(9-3-11)19(17,18)16-13-6-4-12(10-15)5-7-13/h2-9,16H,10H2,1H3. The van der Waals surface area contributed by atoms with Gasteiger partial charge in [0.15, 0.2) is 0 Å². The first-order chi connectivity index (χ1) is 9.01. The van der Waals surface area contributed by atoms with Crippen molar-refractivity contribution in [3.63, 3.8) is 0 Å². The lowest BCUT2D eigenvalue weighted by atomic mass is 10.2. The quantitative estimate of drug-likeness (QED) is 0.642. The van der Waals surface area contributed by atoms with Gasteiger partial charge in [-0.15, -0.1) is 0 Å². The average Bonchev–Trinajstić information content (AvgIpc) is 2.40. The molecule has 0 fully saturated rings. The van der Waals surface area contributed by atoms with Gasteiger partial charge in [0, 0.05) is 10.1 Å². The minimum atomic E-state index is -3.50. The van der Waals surface area contributed by atoms with E-state index in [9.17, 15) is 8.42 Å². The Kier molecular flexibility index (Phi) is 4.46. The van der Waals surface area contributed by atoms with Crippen molar-refractivity contribution in [2.24, 2.45) is 0 Å². The zero-order valence-corrected chi connectivity index (χ0v) is 13.4. The van der Waals surface area contributed by atoms with E-state index in [-0.39, 0.29) is 4.90 Å². The van der Waals surface area contributed by atoms with Crippen LogP contribution < -0.4 is 4.72 Å². The van der Waals surface area contributed by atoms with Crippen LogP contribution in [0.5, 0.6) is 0 Å². The first-order valence-electron chi connectivity index (χ1n) is 5.76. The molecule has 0 unspecified atom stereocenters. The summed E-state index contributed by atoms with van der Waals surface area (Å²) in [5.74, 6) is 0. The fourth-order valence-electron chi connectivity index (χ4n) is 1.59. The van der Waals surface area contributed by atoms with E-state index in [1.165, 1.54) is 5.56 Å². The molecule has 2 rings (SSSR count). The van der Waals surface area contributed by atoms with Crippen LogP contribution in [-0.2, 0) is 14.5 Å². The molecule has 0 aliphatic heterocycles. The van der Waals surface area contributed by atoms with Gasteiger partial charge < -0.3 is 0 Å². The molecule has 3 nitrogen and oxygen atoms in total. The molecule has 0 aliphatic carbocycles. The van der Waals surface area contributed by atoms with Crippen molar-refractivity contribution in [2.75, 3.05) is 4.72 Å². The van der Waals surface area contributed by atoms with Crippen LogP contribution in [0.4, 0.5) is 5.69 Å². The number of rotatable bonds is 4. The highest BCUT2D eigenvalue weighted by Crippen LogP contribution is 2.17. The highest BCUT2D eigenvalue weighted by Gasteiger charge is 2.13. The first-order valence-corrected chi connectivity index (χ1v) is 8.76. The van der Waals surface area contributed by atoms with E-state index in [1.54, 1.807) is 36.4 Å². The molecule has 0 saturated heterocycles. The van der Waals surface area contributed by atoms with Gasteiger partial charge in [-0.25, -0.2) is 8.42 Å². The maximum atomic E-state index is 12.2. The molecular weight excluding hydrogens is 373 g/mol. The number of anilines is 1. The number of aryl methyl sites for hydroxylation is 1. The van der Waals surface area contributed by atoms with Gasteiger partial charge in [0.25, 0.3) is 10.0 Å². The van der Waals surface area contributed by atoms with Crippen LogP contribution in [0.3, 0.4) is 0 Å². The minimum Gasteiger partial charge on any atom is -0.280 e. The van der Waals surface area contributed by atoms with Crippen molar-refractivity contribution >= 4 is 38.3 Å². The summed E-state index contributed by atoms with van der Waals surface area (Å²) in [6.07, 6.45) is 0. The Balaban J connectivity index is 2.23. The third-order valence-electron chi connectivity index (χ3n) is 2.69. The number of alkyl halides is 1. The van der Waals surface area contributed by atoms with Gasteiger partial charge in [0.2, 0.25) is 0 Å². The Morgan fingerprint density at radius 1 is 1.00 bits per heavy atom. The van der Waals surface area contributed by atoms with Crippen LogP contribution in [-0.4, -0.2) is 8.42 Å². The highest BCUT2D eigenvalue weighted by atomic mass is 127. The molecule has 5 heteroatoms. The topological polar surface area (TPSA) is 46.2 Å². The number of hydrogen-bond donors (Lipinski definition) is 1. The normalized spacial score (nSPS) is 11.3. The van der Waals surface area contributed by atoms with Crippen LogP contribution in [0.2, 0.25) is 0 Å². The van der Waals surface area contributed by atoms with Crippen molar-refractivity contribution in [3.05, 3.63) is 59.7 Å². The average molecular weight is 387 g/mol. The van der Waals surface area contributed by atoms with Gasteiger partial charge in [-0.1, -0.05) is 52.4 Å². The van der Waals surface area contributed by atoms with E-state index in [0.717, 1.165) is 9.99 Å². The Morgan fingerprint density at radius 3 is 2.11 bits per heavy atom. The second-order valence-electron chi connectivity index (χ2n) is 4.25. The fraction of sp³-hybridized carbons (Fsp3) is 0.143. The molecular formula is C14H14INO2S. The number of halogens is 1. The number of benzene rings is 2. The third kappa shape index (κ3) is 3.70. The monoisotopic (exact) mass is 387 g/mol.